The first-order chi connectivity index (χ1) is 24.6. The smallest absolute Gasteiger partial charge is 0.332 e. The van der Waals surface area contributed by atoms with Crippen LogP contribution in [0.4, 0.5) is 5.69 Å². The van der Waals surface area contributed by atoms with Gasteiger partial charge < -0.3 is 29.7 Å². The SMILES string of the molecule is CCOC(=O)C12CC1/C=C/CCCCN(C)C(=O)C1CC(OC3(C)C=C(c4csc(C5CCCCC5)n4)Nc4cc(OC)ccc43)CC1C(=O)N2. The van der Waals surface area contributed by atoms with Crippen molar-refractivity contribution >= 4 is 40.5 Å². The number of rotatable bonds is 7. The summed E-state index contributed by atoms with van der Waals surface area (Å²) in [6, 6.07) is 5.93. The lowest BCUT2D eigenvalue weighted by Crippen LogP contribution is -2.50. The van der Waals surface area contributed by atoms with Crippen LogP contribution in [0.25, 0.3) is 5.70 Å². The van der Waals surface area contributed by atoms with E-state index in [1.54, 1.807) is 30.3 Å². The number of amides is 2. The highest BCUT2D eigenvalue weighted by Gasteiger charge is 2.62. The van der Waals surface area contributed by atoms with Gasteiger partial charge in [-0.2, -0.15) is 0 Å². The number of hydrogen-bond acceptors (Lipinski definition) is 9. The first-order valence-corrected chi connectivity index (χ1v) is 19.7. The molecule has 2 N–H and O–H groups in total. The predicted molar refractivity (Wildman–Crippen MR) is 197 cm³/mol. The monoisotopic (exact) mass is 716 g/mol. The van der Waals surface area contributed by atoms with Crippen LogP contribution < -0.4 is 15.4 Å². The average Bonchev–Trinajstić information content (AvgIpc) is 3.42. The second-order valence-corrected chi connectivity index (χ2v) is 16.1. The molecule has 3 fully saturated rings. The Morgan fingerprint density at radius 3 is 2.69 bits per heavy atom. The number of carbonyl (C=O) groups is 3. The second kappa shape index (κ2) is 14.7. The molecule has 3 aliphatic carbocycles. The van der Waals surface area contributed by atoms with Gasteiger partial charge in [0.05, 0.1) is 48.1 Å². The summed E-state index contributed by atoms with van der Waals surface area (Å²) >= 11 is 1.73. The van der Waals surface area contributed by atoms with E-state index in [1.165, 1.54) is 37.1 Å². The van der Waals surface area contributed by atoms with Gasteiger partial charge in [-0.25, -0.2) is 9.78 Å². The molecule has 5 aliphatic rings. The van der Waals surface area contributed by atoms with Crippen molar-refractivity contribution in [2.24, 2.45) is 17.8 Å². The maximum absolute atomic E-state index is 14.2. The first-order valence-electron chi connectivity index (χ1n) is 18.9. The number of anilines is 1. The number of hydrogen-bond donors (Lipinski definition) is 2. The molecule has 2 aliphatic heterocycles. The van der Waals surface area contributed by atoms with Crippen LogP contribution in [0.3, 0.4) is 0 Å². The maximum atomic E-state index is 14.2. The van der Waals surface area contributed by atoms with Gasteiger partial charge in [-0.05, 0) is 77.4 Å². The van der Waals surface area contributed by atoms with Crippen molar-refractivity contribution in [2.75, 3.05) is 32.6 Å². The minimum atomic E-state index is -1.09. The third-order valence-corrected chi connectivity index (χ3v) is 12.7. The fourth-order valence-electron chi connectivity index (χ4n) is 8.69. The Hall–Kier alpha value is -3.70. The van der Waals surface area contributed by atoms with Gasteiger partial charge in [0.1, 0.15) is 16.9 Å². The number of nitrogens with one attached hydrogen (secondary N) is 2. The van der Waals surface area contributed by atoms with E-state index in [4.69, 9.17) is 19.2 Å². The molecule has 10 nitrogen and oxygen atoms in total. The van der Waals surface area contributed by atoms with E-state index in [9.17, 15) is 14.4 Å². The molecule has 0 radical (unpaired) electrons. The van der Waals surface area contributed by atoms with Gasteiger partial charge in [-0.3, -0.25) is 9.59 Å². The summed E-state index contributed by atoms with van der Waals surface area (Å²) in [5.74, 6) is -0.862. The summed E-state index contributed by atoms with van der Waals surface area (Å²) in [4.78, 5) is 48.4. The van der Waals surface area contributed by atoms with E-state index >= 15 is 0 Å². The van der Waals surface area contributed by atoms with Crippen LogP contribution in [0.5, 0.6) is 5.75 Å². The van der Waals surface area contributed by atoms with Gasteiger partial charge in [-0.1, -0.05) is 37.5 Å². The molecule has 11 heteroatoms. The maximum Gasteiger partial charge on any atom is 0.332 e. The summed E-state index contributed by atoms with van der Waals surface area (Å²) in [7, 11) is 3.48. The Bertz CT molecular complexity index is 1700. The zero-order chi connectivity index (χ0) is 35.8. The van der Waals surface area contributed by atoms with Crippen LogP contribution in [0.2, 0.25) is 0 Å². The molecular weight excluding hydrogens is 665 g/mol. The zero-order valence-corrected chi connectivity index (χ0v) is 31.2. The lowest BCUT2D eigenvalue weighted by atomic mass is 9.88. The number of allylic oxidation sites excluding steroid dienone is 1. The van der Waals surface area contributed by atoms with Crippen molar-refractivity contribution in [1.29, 1.82) is 0 Å². The molecular formula is C40H52N4O6S. The minimum absolute atomic E-state index is 0.0547. The lowest BCUT2D eigenvalue weighted by molar-refractivity contribution is -0.150. The number of nitrogens with zero attached hydrogens (tertiary/aromatic N) is 2. The van der Waals surface area contributed by atoms with E-state index < -0.39 is 35.0 Å². The lowest BCUT2D eigenvalue weighted by Gasteiger charge is -2.37. The zero-order valence-electron chi connectivity index (χ0n) is 30.4. The number of benzene rings is 1. The van der Waals surface area contributed by atoms with Crippen molar-refractivity contribution in [3.8, 4) is 5.75 Å². The summed E-state index contributed by atoms with van der Waals surface area (Å²) in [5.41, 5.74) is 1.59. The summed E-state index contributed by atoms with van der Waals surface area (Å²) < 4.78 is 18.1. The Morgan fingerprint density at radius 1 is 1.10 bits per heavy atom. The molecule has 3 saturated carbocycles. The number of carbonyl (C=O) groups excluding carboxylic acids is 3. The number of fused-ring (bicyclic) bond motifs is 3. The van der Waals surface area contributed by atoms with Gasteiger partial charge in [0.25, 0.3) is 0 Å². The highest BCUT2D eigenvalue weighted by Crippen LogP contribution is 2.49. The molecule has 6 atom stereocenters. The molecule has 0 saturated heterocycles. The molecule has 1 aromatic heterocycles. The molecule has 3 heterocycles. The average molecular weight is 717 g/mol. The molecule has 1 aromatic carbocycles. The molecule has 2 aromatic rings. The molecule has 7 rings (SSSR count). The fourth-order valence-corrected chi connectivity index (χ4v) is 9.68. The van der Waals surface area contributed by atoms with Crippen LogP contribution in [0.15, 0.2) is 41.8 Å². The van der Waals surface area contributed by atoms with Crippen LogP contribution >= 0.6 is 11.3 Å². The Labute approximate surface area is 305 Å². The fraction of sp³-hybridized carbons (Fsp3) is 0.600. The molecule has 0 spiro atoms. The van der Waals surface area contributed by atoms with Gasteiger partial charge in [-0.15, -0.1) is 11.3 Å². The summed E-state index contributed by atoms with van der Waals surface area (Å²) in [5, 5.41) is 10.0. The third-order valence-electron chi connectivity index (χ3n) is 11.6. The predicted octanol–water partition coefficient (Wildman–Crippen LogP) is 6.93. The Balaban J connectivity index is 1.18. The van der Waals surface area contributed by atoms with Crippen molar-refractivity contribution in [3.05, 3.63) is 58.1 Å². The highest BCUT2D eigenvalue weighted by molar-refractivity contribution is 7.09. The Morgan fingerprint density at radius 2 is 1.90 bits per heavy atom. The number of aromatic nitrogens is 1. The van der Waals surface area contributed by atoms with E-state index in [0.717, 1.165) is 47.7 Å². The quantitative estimate of drug-likeness (QED) is 0.234. The van der Waals surface area contributed by atoms with Crippen molar-refractivity contribution in [2.45, 2.75) is 108 Å². The van der Waals surface area contributed by atoms with Crippen LogP contribution in [0.1, 0.15) is 107 Å². The minimum Gasteiger partial charge on any atom is -0.497 e. The molecule has 51 heavy (non-hydrogen) atoms. The van der Waals surface area contributed by atoms with Crippen molar-refractivity contribution in [1.82, 2.24) is 15.2 Å². The molecule has 2 amide bonds. The van der Waals surface area contributed by atoms with E-state index in [2.05, 4.69) is 35.1 Å². The highest BCUT2D eigenvalue weighted by atomic mass is 32.1. The van der Waals surface area contributed by atoms with Crippen molar-refractivity contribution in [3.63, 3.8) is 0 Å². The van der Waals surface area contributed by atoms with Crippen LogP contribution in [-0.4, -0.2) is 66.6 Å². The van der Waals surface area contributed by atoms with E-state index in [0.29, 0.717) is 31.7 Å². The largest absolute Gasteiger partial charge is 0.497 e. The third kappa shape index (κ3) is 7.20. The van der Waals surface area contributed by atoms with Gasteiger partial charge in [0.15, 0.2) is 0 Å². The van der Waals surface area contributed by atoms with E-state index in [1.807, 2.05) is 31.3 Å². The van der Waals surface area contributed by atoms with Gasteiger partial charge in [0, 0.05) is 48.1 Å². The van der Waals surface area contributed by atoms with Gasteiger partial charge in [0.2, 0.25) is 11.8 Å². The topological polar surface area (TPSA) is 119 Å². The second-order valence-electron chi connectivity index (χ2n) is 15.2. The number of thiazole rings is 1. The normalized spacial score (nSPS) is 31.9. The molecule has 274 valence electrons. The number of esters is 1. The summed E-state index contributed by atoms with van der Waals surface area (Å²) in [6.07, 6.45) is 15.9. The van der Waals surface area contributed by atoms with E-state index in [-0.39, 0.29) is 24.3 Å². The number of ether oxygens (including phenoxy) is 3. The molecule has 6 unspecified atom stereocenters. The van der Waals surface area contributed by atoms with Crippen LogP contribution in [0, 0.1) is 17.8 Å². The Kier molecular flexibility index (Phi) is 10.3. The molecule has 0 bridgehead atoms. The first kappa shape index (κ1) is 35.7. The standard InChI is InChI=1S/C40H52N4O6S/c1-5-49-38(47)40-22-26(40)15-11-6-7-12-18-44(3)37(46)30-20-28(19-29(30)35(45)43-40)50-39(2)23-33(41-32-21-27(48-4)16-17-31(32)39)34-24-51-36(42-34)25-13-9-8-10-14-25/h11,15-17,21,23-26,28-30,41H,5-10,12-14,18-20,22H2,1-4H3,(H,43,45)/b15-11+. The summed E-state index contributed by atoms with van der Waals surface area (Å²) in [6.45, 7) is 4.68. The van der Waals surface area contributed by atoms with Gasteiger partial charge >= 0.3 is 5.97 Å². The number of methoxy groups -OCH3 is 1. The van der Waals surface area contributed by atoms with Crippen LogP contribution in [-0.2, 0) is 29.5 Å². The van der Waals surface area contributed by atoms with Crippen molar-refractivity contribution < 1.29 is 28.6 Å².